The van der Waals surface area contributed by atoms with Gasteiger partial charge in [-0.05, 0) is 44.9 Å². The number of nitrogens with one attached hydrogen (secondary N) is 1. The van der Waals surface area contributed by atoms with Crippen LogP contribution in [0.5, 0.6) is 0 Å². The first-order chi connectivity index (χ1) is 12.7. The van der Waals surface area contributed by atoms with Crippen molar-refractivity contribution in [3.05, 3.63) is 48.4 Å². The van der Waals surface area contributed by atoms with Gasteiger partial charge in [0.1, 0.15) is 0 Å². The first-order valence-electron chi connectivity index (χ1n) is 9.25. The van der Waals surface area contributed by atoms with E-state index in [9.17, 15) is 4.79 Å². The Bertz CT molecular complexity index is 932. The van der Waals surface area contributed by atoms with Crippen LogP contribution in [0, 0.1) is 0 Å². The second kappa shape index (κ2) is 5.99. The highest BCUT2D eigenvalue weighted by Gasteiger charge is 2.39. The lowest BCUT2D eigenvalue weighted by Crippen LogP contribution is -2.48. The Kier molecular flexibility index (Phi) is 3.60. The Morgan fingerprint density at radius 2 is 1.92 bits per heavy atom. The summed E-state index contributed by atoms with van der Waals surface area (Å²) in [4.78, 5) is 15.5. The molecule has 3 aromatic rings. The zero-order valence-corrected chi connectivity index (χ0v) is 14.8. The molecule has 26 heavy (non-hydrogen) atoms. The Hall–Kier alpha value is -2.60. The summed E-state index contributed by atoms with van der Waals surface area (Å²) < 4.78 is 7.18. The fourth-order valence-corrected chi connectivity index (χ4v) is 4.58. The minimum atomic E-state index is -0.0968. The normalized spacial score (nSPS) is 25.7. The number of nitrogens with zero attached hydrogens (tertiary/aromatic N) is 3. The molecule has 2 fully saturated rings. The maximum absolute atomic E-state index is 13.0. The highest BCUT2D eigenvalue weighted by atomic mass is 16.3. The molecule has 2 saturated heterocycles. The van der Waals surface area contributed by atoms with Gasteiger partial charge in [0, 0.05) is 29.6 Å². The Morgan fingerprint density at radius 3 is 2.65 bits per heavy atom. The van der Waals surface area contributed by atoms with Crippen LogP contribution in [0.1, 0.15) is 36.2 Å². The summed E-state index contributed by atoms with van der Waals surface area (Å²) in [7, 11) is 2.21. The molecule has 4 heterocycles. The van der Waals surface area contributed by atoms with E-state index < -0.39 is 0 Å². The molecule has 0 saturated carbocycles. The second-order valence-corrected chi connectivity index (χ2v) is 7.42. The predicted octanol–water partition coefficient (Wildman–Crippen LogP) is 2.97. The van der Waals surface area contributed by atoms with Crippen molar-refractivity contribution in [2.75, 3.05) is 7.05 Å². The molecule has 1 aromatic carbocycles. The molecule has 2 atom stereocenters. The zero-order valence-electron chi connectivity index (χ0n) is 14.8. The topological polar surface area (TPSA) is 63.3 Å². The minimum Gasteiger partial charge on any atom is -0.447 e. The second-order valence-electron chi connectivity index (χ2n) is 7.42. The molecule has 2 unspecified atom stereocenters. The van der Waals surface area contributed by atoms with Gasteiger partial charge >= 0.3 is 0 Å². The van der Waals surface area contributed by atoms with E-state index in [0.717, 1.165) is 23.7 Å². The van der Waals surface area contributed by atoms with E-state index in [1.165, 1.54) is 12.8 Å². The van der Waals surface area contributed by atoms with Gasteiger partial charge in [0.2, 0.25) is 5.88 Å². The van der Waals surface area contributed by atoms with Gasteiger partial charge in [0.25, 0.3) is 5.91 Å². The van der Waals surface area contributed by atoms with Gasteiger partial charge in [0.15, 0.2) is 5.69 Å². The van der Waals surface area contributed by atoms with Crippen molar-refractivity contribution >= 4 is 16.8 Å². The number of hydrogen-bond donors (Lipinski definition) is 1. The maximum atomic E-state index is 13.0. The number of para-hydroxylation sites is 1. The number of amides is 1. The summed E-state index contributed by atoms with van der Waals surface area (Å²) in [6.07, 6.45) is 6.14. The summed E-state index contributed by atoms with van der Waals surface area (Å²) >= 11 is 0. The highest BCUT2D eigenvalue weighted by molar-refractivity contribution is 6.05. The average molecular weight is 350 g/mol. The van der Waals surface area contributed by atoms with Crippen molar-refractivity contribution in [3.8, 4) is 5.88 Å². The fourth-order valence-electron chi connectivity index (χ4n) is 4.58. The van der Waals surface area contributed by atoms with E-state index in [1.807, 2.05) is 36.4 Å². The molecule has 0 aliphatic carbocycles. The monoisotopic (exact) mass is 350 g/mol. The smallest absolute Gasteiger partial charge is 0.272 e. The summed E-state index contributed by atoms with van der Waals surface area (Å²) in [5, 5.41) is 8.65. The molecule has 134 valence electrons. The molecule has 2 aliphatic heterocycles. The van der Waals surface area contributed by atoms with Gasteiger partial charge in [-0.1, -0.05) is 18.2 Å². The quantitative estimate of drug-likeness (QED) is 0.789. The largest absolute Gasteiger partial charge is 0.447 e. The zero-order chi connectivity index (χ0) is 17.7. The molecule has 1 N–H and O–H groups in total. The van der Waals surface area contributed by atoms with Gasteiger partial charge < -0.3 is 14.6 Å². The first kappa shape index (κ1) is 15.6. The lowest BCUT2D eigenvalue weighted by Gasteiger charge is -2.36. The van der Waals surface area contributed by atoms with Gasteiger partial charge in [0.05, 0.1) is 11.8 Å². The Balaban J connectivity index is 1.45. The van der Waals surface area contributed by atoms with Crippen molar-refractivity contribution in [3.63, 3.8) is 0 Å². The third kappa shape index (κ3) is 2.44. The molecule has 2 aromatic heterocycles. The third-order valence-corrected chi connectivity index (χ3v) is 5.95. The third-order valence-electron chi connectivity index (χ3n) is 5.95. The number of piperidine rings is 1. The van der Waals surface area contributed by atoms with E-state index in [-0.39, 0.29) is 11.9 Å². The number of carbonyl (C=O) groups excluding carboxylic acids is 1. The predicted molar refractivity (Wildman–Crippen MR) is 98.4 cm³/mol. The van der Waals surface area contributed by atoms with Crippen molar-refractivity contribution < 1.29 is 9.21 Å². The molecule has 2 aliphatic rings. The van der Waals surface area contributed by atoms with Crippen LogP contribution in [0.15, 0.2) is 47.1 Å². The van der Waals surface area contributed by atoms with Crippen LogP contribution in [0.2, 0.25) is 0 Å². The van der Waals surface area contributed by atoms with Crippen molar-refractivity contribution in [1.82, 2.24) is 20.0 Å². The fraction of sp³-hybridized carbons (Fsp3) is 0.400. The maximum Gasteiger partial charge on any atom is 0.272 e. The summed E-state index contributed by atoms with van der Waals surface area (Å²) in [6.45, 7) is 0. The lowest BCUT2D eigenvalue weighted by atomic mass is 9.98. The standard InChI is InChI=1S/C20H22N4O2/c1-23-14-8-9-15(23)12-13(11-14)21-20(25)19-16-5-2-3-6-17(16)24(22-19)18-7-4-10-26-18/h2-7,10,13-15H,8-9,11-12H2,1H3,(H,21,25). The number of aromatic nitrogens is 2. The van der Waals surface area contributed by atoms with Gasteiger partial charge in [-0.15, -0.1) is 0 Å². The molecule has 0 spiro atoms. The van der Waals surface area contributed by atoms with Crippen LogP contribution in [0.25, 0.3) is 16.8 Å². The Labute approximate surface area is 151 Å². The van der Waals surface area contributed by atoms with E-state index >= 15 is 0 Å². The van der Waals surface area contributed by atoms with E-state index in [1.54, 1.807) is 10.9 Å². The number of furan rings is 1. The highest BCUT2D eigenvalue weighted by Crippen LogP contribution is 2.34. The number of rotatable bonds is 3. The van der Waals surface area contributed by atoms with Crippen molar-refractivity contribution in [1.29, 1.82) is 0 Å². The van der Waals surface area contributed by atoms with Gasteiger partial charge in [-0.2, -0.15) is 9.78 Å². The van der Waals surface area contributed by atoms with Gasteiger partial charge in [-0.25, -0.2) is 0 Å². The van der Waals surface area contributed by atoms with Crippen LogP contribution in [-0.2, 0) is 0 Å². The van der Waals surface area contributed by atoms with Gasteiger partial charge in [-0.3, -0.25) is 4.79 Å². The molecule has 1 amide bonds. The Morgan fingerprint density at radius 1 is 1.15 bits per heavy atom. The summed E-state index contributed by atoms with van der Waals surface area (Å²) in [5.41, 5.74) is 1.33. The van der Waals surface area contributed by atoms with E-state index in [4.69, 9.17) is 4.42 Å². The molecule has 2 bridgehead atoms. The average Bonchev–Trinajstić information content (AvgIpc) is 3.33. The van der Waals surface area contributed by atoms with Crippen LogP contribution in [0.3, 0.4) is 0 Å². The number of fused-ring (bicyclic) bond motifs is 3. The van der Waals surface area contributed by atoms with Crippen LogP contribution >= 0.6 is 0 Å². The first-order valence-corrected chi connectivity index (χ1v) is 9.25. The molecule has 6 heteroatoms. The lowest BCUT2D eigenvalue weighted by molar-refractivity contribution is 0.0878. The van der Waals surface area contributed by atoms with E-state index in [2.05, 4.69) is 22.4 Å². The summed E-state index contributed by atoms with van der Waals surface area (Å²) in [5.74, 6) is 0.512. The van der Waals surface area contributed by atoms with Crippen LogP contribution in [0.4, 0.5) is 0 Å². The molecule has 6 nitrogen and oxygen atoms in total. The molecule has 5 rings (SSSR count). The number of benzene rings is 1. The molecule has 0 radical (unpaired) electrons. The number of hydrogen-bond acceptors (Lipinski definition) is 4. The van der Waals surface area contributed by atoms with Crippen LogP contribution < -0.4 is 5.32 Å². The van der Waals surface area contributed by atoms with Crippen molar-refractivity contribution in [2.45, 2.75) is 43.8 Å². The molecular formula is C20H22N4O2. The summed E-state index contributed by atoms with van der Waals surface area (Å²) in [6, 6.07) is 12.8. The number of carbonyl (C=O) groups is 1. The minimum absolute atomic E-state index is 0.0968. The van der Waals surface area contributed by atoms with Crippen LogP contribution in [-0.4, -0.2) is 45.8 Å². The van der Waals surface area contributed by atoms with E-state index in [0.29, 0.717) is 23.7 Å². The molecular weight excluding hydrogens is 328 g/mol. The van der Waals surface area contributed by atoms with Crippen molar-refractivity contribution in [2.24, 2.45) is 0 Å². The SMILES string of the molecule is CN1C2CCC1CC(NC(=O)c1nn(-c3ccco3)c3ccccc13)C2.